The number of nitrogens with zero attached hydrogens (tertiary/aromatic N) is 1. The molecule has 0 N–H and O–H groups in total. The fourth-order valence-electron chi connectivity index (χ4n) is 2.95. The molecular weight excluding hydrogens is 298 g/mol. The second kappa shape index (κ2) is 5.98. The fourth-order valence-corrected chi connectivity index (χ4v) is 3.89. The Bertz CT molecular complexity index is 959. The lowest BCUT2D eigenvalue weighted by Crippen LogP contribution is -1.92. The van der Waals surface area contributed by atoms with Crippen LogP contribution < -0.4 is 0 Å². The Balaban J connectivity index is 1.67. The van der Waals surface area contributed by atoms with Gasteiger partial charge in [-0.2, -0.15) is 0 Å². The molecule has 2 heteroatoms. The first-order chi connectivity index (χ1) is 11.3. The molecule has 1 nitrogen and oxygen atoms in total. The quantitative estimate of drug-likeness (QED) is 0.397. The highest BCUT2D eigenvalue weighted by molar-refractivity contribution is 7.20. The van der Waals surface area contributed by atoms with Crippen molar-refractivity contribution in [3.63, 3.8) is 0 Å². The van der Waals surface area contributed by atoms with Gasteiger partial charge in [0.15, 0.2) is 0 Å². The molecule has 1 heterocycles. The second-order valence-electron chi connectivity index (χ2n) is 5.71. The van der Waals surface area contributed by atoms with Crippen LogP contribution in [0.3, 0.4) is 0 Å². The molecule has 0 bridgehead atoms. The zero-order chi connectivity index (χ0) is 15.6. The molecular formula is C21H17NS. The van der Waals surface area contributed by atoms with Crippen molar-refractivity contribution in [2.24, 2.45) is 4.99 Å². The van der Waals surface area contributed by atoms with Crippen LogP contribution >= 0.6 is 11.3 Å². The third kappa shape index (κ3) is 2.78. The van der Waals surface area contributed by atoms with Gasteiger partial charge in [0.2, 0.25) is 0 Å². The number of hydrogen-bond donors (Lipinski definition) is 0. The number of fused-ring (bicyclic) bond motifs is 2. The van der Waals surface area contributed by atoms with E-state index in [1.54, 1.807) is 11.3 Å². The Kier molecular flexibility index (Phi) is 3.68. The van der Waals surface area contributed by atoms with Crippen molar-refractivity contribution < 1.29 is 0 Å². The molecule has 0 amide bonds. The van der Waals surface area contributed by atoms with E-state index in [0.717, 1.165) is 0 Å². The molecule has 1 atom stereocenters. The van der Waals surface area contributed by atoms with E-state index in [9.17, 15) is 0 Å². The SMILES string of the molecule is C[C@H](N=Cc1cc2ccccc2s1)c1cccc2ccccc12. The monoisotopic (exact) mass is 315 g/mol. The largest absolute Gasteiger partial charge is 0.284 e. The molecule has 112 valence electrons. The zero-order valence-corrected chi connectivity index (χ0v) is 13.8. The molecule has 0 saturated carbocycles. The maximum absolute atomic E-state index is 4.80. The van der Waals surface area contributed by atoms with Gasteiger partial charge in [-0.3, -0.25) is 4.99 Å². The molecule has 1 aromatic heterocycles. The predicted molar refractivity (Wildman–Crippen MR) is 102 cm³/mol. The summed E-state index contributed by atoms with van der Waals surface area (Å²) in [6.45, 7) is 2.16. The summed E-state index contributed by atoms with van der Waals surface area (Å²) in [7, 11) is 0. The molecule has 0 aliphatic rings. The van der Waals surface area contributed by atoms with Gasteiger partial charge < -0.3 is 0 Å². The molecule has 0 radical (unpaired) electrons. The number of thiophene rings is 1. The average molecular weight is 315 g/mol. The molecule has 0 aliphatic carbocycles. The summed E-state index contributed by atoms with van der Waals surface area (Å²) in [5, 5.41) is 3.85. The summed E-state index contributed by atoms with van der Waals surface area (Å²) in [5.41, 5.74) is 1.28. The maximum atomic E-state index is 4.80. The van der Waals surface area contributed by atoms with Crippen molar-refractivity contribution in [1.82, 2.24) is 0 Å². The highest BCUT2D eigenvalue weighted by atomic mass is 32.1. The van der Waals surface area contributed by atoms with Crippen LogP contribution in [0.2, 0.25) is 0 Å². The first-order valence-electron chi connectivity index (χ1n) is 7.81. The Labute approximate surface area is 139 Å². The van der Waals surface area contributed by atoms with Crippen LogP contribution in [0.1, 0.15) is 23.4 Å². The number of benzene rings is 3. The van der Waals surface area contributed by atoms with Crippen LogP contribution in [0.4, 0.5) is 0 Å². The summed E-state index contributed by atoms with van der Waals surface area (Å²) in [4.78, 5) is 6.00. The molecule has 4 aromatic rings. The van der Waals surface area contributed by atoms with E-state index >= 15 is 0 Å². The predicted octanol–water partition coefficient (Wildman–Crippen LogP) is 6.23. The van der Waals surface area contributed by atoms with Crippen molar-refractivity contribution in [1.29, 1.82) is 0 Å². The molecule has 0 fully saturated rings. The Hall–Kier alpha value is -2.45. The van der Waals surface area contributed by atoms with Crippen LogP contribution in [0.15, 0.2) is 77.8 Å². The zero-order valence-electron chi connectivity index (χ0n) is 12.9. The highest BCUT2D eigenvalue weighted by Crippen LogP contribution is 2.28. The van der Waals surface area contributed by atoms with Crippen molar-refractivity contribution in [3.05, 3.63) is 83.2 Å². The highest BCUT2D eigenvalue weighted by Gasteiger charge is 2.07. The van der Waals surface area contributed by atoms with Gasteiger partial charge in [-0.1, -0.05) is 60.7 Å². The summed E-state index contributed by atoms with van der Waals surface area (Å²) in [5.74, 6) is 0. The van der Waals surface area contributed by atoms with Crippen LogP contribution in [0.5, 0.6) is 0 Å². The topological polar surface area (TPSA) is 12.4 Å². The smallest absolute Gasteiger partial charge is 0.0727 e. The van der Waals surface area contributed by atoms with Gasteiger partial charge >= 0.3 is 0 Å². The van der Waals surface area contributed by atoms with E-state index in [0.29, 0.717) is 0 Å². The second-order valence-corrected chi connectivity index (χ2v) is 6.82. The summed E-state index contributed by atoms with van der Waals surface area (Å²) in [6.07, 6.45) is 2.01. The third-order valence-corrected chi connectivity index (χ3v) is 5.19. The standard InChI is InChI=1S/C21H17NS/c1-15(19-11-6-9-16-7-2-4-10-20(16)19)22-14-18-13-17-8-3-5-12-21(17)23-18/h2-15H,1H3/t15-/m0/s1. The molecule has 23 heavy (non-hydrogen) atoms. The number of hydrogen-bond acceptors (Lipinski definition) is 2. The number of rotatable bonds is 3. The van der Waals surface area contributed by atoms with Crippen molar-refractivity contribution in [2.75, 3.05) is 0 Å². The summed E-state index contributed by atoms with van der Waals surface area (Å²) in [6, 6.07) is 25.8. The van der Waals surface area contributed by atoms with E-state index in [-0.39, 0.29) is 6.04 Å². The third-order valence-electron chi connectivity index (χ3n) is 4.14. The van der Waals surface area contributed by atoms with Gasteiger partial charge in [-0.05, 0) is 40.8 Å². The minimum absolute atomic E-state index is 0.145. The van der Waals surface area contributed by atoms with Crippen LogP contribution in [-0.2, 0) is 0 Å². The lowest BCUT2D eigenvalue weighted by atomic mass is 10.0. The van der Waals surface area contributed by atoms with E-state index < -0.39 is 0 Å². The normalized spacial score (nSPS) is 13.1. The van der Waals surface area contributed by atoms with Gasteiger partial charge in [0.25, 0.3) is 0 Å². The molecule has 0 spiro atoms. The van der Waals surface area contributed by atoms with Gasteiger partial charge in [0, 0.05) is 15.8 Å². The minimum Gasteiger partial charge on any atom is -0.284 e. The molecule has 0 saturated heterocycles. The average Bonchev–Trinajstić information content (AvgIpc) is 3.02. The van der Waals surface area contributed by atoms with Gasteiger partial charge in [0.05, 0.1) is 6.04 Å². The maximum Gasteiger partial charge on any atom is 0.0727 e. The van der Waals surface area contributed by atoms with Crippen LogP contribution in [-0.4, -0.2) is 6.21 Å². The molecule has 0 aliphatic heterocycles. The van der Waals surface area contributed by atoms with Crippen molar-refractivity contribution in [2.45, 2.75) is 13.0 Å². The van der Waals surface area contributed by atoms with Gasteiger partial charge in [-0.25, -0.2) is 0 Å². The first-order valence-corrected chi connectivity index (χ1v) is 8.62. The Morgan fingerprint density at radius 2 is 1.61 bits per heavy atom. The Morgan fingerprint density at radius 1 is 0.870 bits per heavy atom. The van der Waals surface area contributed by atoms with E-state index in [2.05, 4.69) is 79.7 Å². The fraction of sp³-hybridized carbons (Fsp3) is 0.0952. The van der Waals surface area contributed by atoms with E-state index in [1.807, 2.05) is 6.21 Å². The molecule has 0 unspecified atom stereocenters. The lowest BCUT2D eigenvalue weighted by molar-refractivity contribution is 0.834. The minimum atomic E-state index is 0.145. The van der Waals surface area contributed by atoms with Crippen molar-refractivity contribution >= 4 is 38.4 Å². The summed E-state index contributed by atoms with van der Waals surface area (Å²) >= 11 is 1.79. The van der Waals surface area contributed by atoms with Gasteiger partial charge in [-0.15, -0.1) is 11.3 Å². The van der Waals surface area contributed by atoms with Gasteiger partial charge in [0.1, 0.15) is 0 Å². The van der Waals surface area contributed by atoms with Crippen LogP contribution in [0.25, 0.3) is 20.9 Å². The molecule has 3 aromatic carbocycles. The van der Waals surface area contributed by atoms with E-state index in [1.165, 1.54) is 31.3 Å². The van der Waals surface area contributed by atoms with Crippen molar-refractivity contribution in [3.8, 4) is 0 Å². The molecule has 4 rings (SSSR count). The number of aliphatic imine (C=N–C) groups is 1. The van der Waals surface area contributed by atoms with E-state index in [4.69, 9.17) is 4.99 Å². The Morgan fingerprint density at radius 3 is 2.48 bits per heavy atom. The summed E-state index contributed by atoms with van der Waals surface area (Å²) < 4.78 is 1.31. The van der Waals surface area contributed by atoms with Crippen LogP contribution in [0, 0.1) is 0 Å². The first kappa shape index (κ1) is 14.2. The lowest BCUT2D eigenvalue weighted by Gasteiger charge is -2.10.